The second-order valence-electron chi connectivity index (χ2n) is 5.45. The van der Waals surface area contributed by atoms with Gasteiger partial charge in [0.25, 0.3) is 6.01 Å². The van der Waals surface area contributed by atoms with E-state index < -0.39 is 17.7 Å². The molecule has 0 aliphatic carbocycles. The molecule has 24 heavy (non-hydrogen) atoms. The summed E-state index contributed by atoms with van der Waals surface area (Å²) in [6.07, 6.45) is 0. The molecule has 1 aromatic heterocycles. The molecule has 0 spiro atoms. The lowest BCUT2D eigenvalue weighted by Crippen LogP contribution is -2.09. The summed E-state index contributed by atoms with van der Waals surface area (Å²) in [5.41, 5.74) is 1.75. The first-order chi connectivity index (χ1) is 11.4. The number of hydrogen-bond donors (Lipinski definition) is 2. The van der Waals surface area contributed by atoms with Crippen molar-refractivity contribution in [3.63, 3.8) is 0 Å². The van der Waals surface area contributed by atoms with E-state index in [0.29, 0.717) is 16.2 Å². The molecule has 0 saturated carbocycles. The highest BCUT2D eigenvalue weighted by Gasteiger charge is 2.22. The molecule has 0 fully saturated rings. The number of nitrogens with one attached hydrogen (secondary N) is 1. The summed E-state index contributed by atoms with van der Waals surface area (Å²) >= 11 is 6.14. The number of hydrogen-bond acceptors (Lipinski definition) is 4. The van der Waals surface area contributed by atoms with E-state index in [4.69, 9.17) is 21.1 Å². The first kappa shape index (κ1) is 16.3. The van der Waals surface area contributed by atoms with Crippen molar-refractivity contribution in [3.05, 3.63) is 52.3 Å². The maximum Gasteiger partial charge on any atom is 0.310 e. The van der Waals surface area contributed by atoms with Crippen LogP contribution in [0.1, 0.15) is 24.0 Å². The zero-order valence-corrected chi connectivity index (χ0v) is 13.7. The number of aromatic nitrogens is 1. The summed E-state index contributed by atoms with van der Waals surface area (Å²) in [6, 6.07) is 8.41. The highest BCUT2D eigenvalue weighted by molar-refractivity contribution is 6.33. The van der Waals surface area contributed by atoms with Crippen molar-refractivity contribution in [2.45, 2.75) is 19.8 Å². The van der Waals surface area contributed by atoms with Crippen LogP contribution in [0.2, 0.25) is 5.02 Å². The smallest absolute Gasteiger partial charge is 0.310 e. The Morgan fingerprint density at radius 2 is 2.12 bits per heavy atom. The number of rotatable bonds is 4. The average Bonchev–Trinajstić information content (AvgIpc) is 2.94. The Balaban J connectivity index is 2.03. The summed E-state index contributed by atoms with van der Waals surface area (Å²) in [6.45, 7) is 3.28. The Kier molecular flexibility index (Phi) is 4.15. The Morgan fingerprint density at radius 1 is 1.38 bits per heavy atom. The summed E-state index contributed by atoms with van der Waals surface area (Å²) in [5.74, 6) is -2.82. The number of halogens is 2. The van der Waals surface area contributed by atoms with Crippen LogP contribution in [0.15, 0.2) is 34.7 Å². The van der Waals surface area contributed by atoms with Crippen LogP contribution in [0.3, 0.4) is 0 Å². The number of carboxylic acid groups (broad SMARTS) is 1. The van der Waals surface area contributed by atoms with Gasteiger partial charge in [-0.2, -0.15) is 4.98 Å². The van der Waals surface area contributed by atoms with Gasteiger partial charge in [-0.05, 0) is 31.5 Å². The number of nitrogens with zero attached hydrogens (tertiary/aromatic N) is 1. The van der Waals surface area contributed by atoms with Gasteiger partial charge in [-0.1, -0.05) is 29.8 Å². The van der Waals surface area contributed by atoms with Gasteiger partial charge in [0.15, 0.2) is 11.4 Å². The Labute approximate surface area is 142 Å². The Morgan fingerprint density at radius 3 is 2.79 bits per heavy atom. The van der Waals surface area contributed by atoms with Crippen LogP contribution < -0.4 is 5.32 Å². The second-order valence-corrected chi connectivity index (χ2v) is 5.86. The second kappa shape index (κ2) is 6.13. The van der Waals surface area contributed by atoms with Crippen molar-refractivity contribution in [2.75, 3.05) is 5.32 Å². The first-order valence-corrected chi connectivity index (χ1v) is 7.60. The van der Waals surface area contributed by atoms with Gasteiger partial charge in [-0.3, -0.25) is 4.79 Å². The highest BCUT2D eigenvalue weighted by Crippen LogP contribution is 2.32. The van der Waals surface area contributed by atoms with E-state index in [9.17, 15) is 9.18 Å². The molecule has 1 atom stereocenters. The van der Waals surface area contributed by atoms with Crippen molar-refractivity contribution in [2.24, 2.45) is 0 Å². The summed E-state index contributed by atoms with van der Waals surface area (Å²) in [4.78, 5) is 15.2. The molecule has 0 aliphatic rings. The van der Waals surface area contributed by atoms with Crippen LogP contribution in [0.4, 0.5) is 16.1 Å². The van der Waals surface area contributed by atoms with E-state index >= 15 is 0 Å². The van der Waals surface area contributed by atoms with E-state index in [0.717, 1.165) is 5.56 Å². The van der Waals surface area contributed by atoms with Crippen molar-refractivity contribution in [3.8, 4) is 0 Å². The molecule has 3 aromatic rings. The number of anilines is 2. The normalized spacial score (nSPS) is 12.3. The van der Waals surface area contributed by atoms with Crippen molar-refractivity contribution >= 4 is 40.4 Å². The van der Waals surface area contributed by atoms with Gasteiger partial charge in [-0.25, -0.2) is 4.39 Å². The number of carboxylic acids is 1. The van der Waals surface area contributed by atoms with Gasteiger partial charge in [0.2, 0.25) is 0 Å². The summed E-state index contributed by atoms with van der Waals surface area (Å²) < 4.78 is 20.0. The number of para-hydroxylation sites is 1. The first-order valence-electron chi connectivity index (χ1n) is 7.22. The van der Waals surface area contributed by atoms with Crippen molar-refractivity contribution in [1.82, 2.24) is 4.98 Å². The lowest BCUT2D eigenvalue weighted by atomic mass is 10.0. The average molecular weight is 349 g/mol. The Bertz CT molecular complexity index is 919. The zero-order chi connectivity index (χ0) is 17.4. The third kappa shape index (κ3) is 2.80. The van der Waals surface area contributed by atoms with Crippen LogP contribution >= 0.6 is 11.6 Å². The van der Waals surface area contributed by atoms with E-state index in [2.05, 4.69) is 10.3 Å². The van der Waals surface area contributed by atoms with E-state index in [-0.39, 0.29) is 17.2 Å². The quantitative estimate of drug-likeness (QED) is 0.704. The van der Waals surface area contributed by atoms with Crippen LogP contribution in [0.25, 0.3) is 11.1 Å². The minimum Gasteiger partial charge on any atom is -0.481 e. The largest absolute Gasteiger partial charge is 0.481 e. The molecule has 7 heteroatoms. The topological polar surface area (TPSA) is 75.4 Å². The molecule has 0 radical (unpaired) electrons. The highest BCUT2D eigenvalue weighted by atomic mass is 35.5. The lowest BCUT2D eigenvalue weighted by molar-refractivity contribution is -0.138. The number of benzene rings is 2. The fraction of sp³-hybridized carbons (Fsp3) is 0.176. The molecule has 0 bridgehead atoms. The molecule has 0 saturated heterocycles. The predicted molar refractivity (Wildman–Crippen MR) is 89.5 cm³/mol. The van der Waals surface area contributed by atoms with Crippen LogP contribution in [0, 0.1) is 12.7 Å². The SMILES string of the molecule is Cc1cccc(Cl)c1Nc1nc2ccc(C(C)C(=O)O)c(F)c2o1. The predicted octanol–water partition coefficient (Wildman–Crippen LogP) is 4.86. The van der Waals surface area contributed by atoms with Gasteiger partial charge < -0.3 is 14.8 Å². The standard InChI is InChI=1S/C17H14ClFN2O3/c1-8-4-3-5-11(18)14(8)21-17-20-12-7-6-10(9(2)16(22)23)13(19)15(12)24-17/h3-7,9H,1-2H3,(H,20,21)(H,22,23). The molecular weight excluding hydrogens is 335 g/mol. The number of fused-ring (bicyclic) bond motifs is 1. The molecule has 0 aliphatic heterocycles. The van der Waals surface area contributed by atoms with E-state index in [1.54, 1.807) is 6.07 Å². The van der Waals surface area contributed by atoms with Gasteiger partial charge in [0, 0.05) is 5.56 Å². The Hall–Kier alpha value is -2.60. The van der Waals surface area contributed by atoms with Gasteiger partial charge in [0.1, 0.15) is 5.52 Å². The number of aliphatic carboxylic acids is 1. The molecule has 2 N–H and O–H groups in total. The third-order valence-electron chi connectivity index (χ3n) is 3.82. The molecule has 3 rings (SSSR count). The maximum atomic E-state index is 14.5. The maximum absolute atomic E-state index is 14.5. The number of aryl methyl sites for hydroxylation is 1. The third-order valence-corrected chi connectivity index (χ3v) is 4.13. The minimum absolute atomic E-state index is 0.0478. The van der Waals surface area contributed by atoms with Crippen LogP contribution in [-0.4, -0.2) is 16.1 Å². The summed E-state index contributed by atoms with van der Waals surface area (Å²) in [5, 5.41) is 12.5. The summed E-state index contributed by atoms with van der Waals surface area (Å²) in [7, 11) is 0. The van der Waals surface area contributed by atoms with Crippen LogP contribution in [0.5, 0.6) is 0 Å². The lowest BCUT2D eigenvalue weighted by Gasteiger charge is -2.07. The molecule has 0 amide bonds. The van der Waals surface area contributed by atoms with E-state index in [1.807, 2.05) is 19.1 Å². The van der Waals surface area contributed by atoms with Gasteiger partial charge >= 0.3 is 5.97 Å². The molecule has 1 unspecified atom stereocenters. The fourth-order valence-corrected chi connectivity index (χ4v) is 2.66. The van der Waals surface area contributed by atoms with E-state index in [1.165, 1.54) is 19.1 Å². The zero-order valence-electron chi connectivity index (χ0n) is 12.9. The molecule has 5 nitrogen and oxygen atoms in total. The fourth-order valence-electron chi connectivity index (χ4n) is 2.39. The molecular formula is C17H14ClFN2O3. The molecule has 1 heterocycles. The van der Waals surface area contributed by atoms with Crippen molar-refractivity contribution in [1.29, 1.82) is 0 Å². The minimum atomic E-state index is -1.11. The number of oxazole rings is 1. The molecule has 124 valence electrons. The molecule has 2 aromatic carbocycles. The van der Waals surface area contributed by atoms with Gasteiger partial charge in [-0.15, -0.1) is 0 Å². The van der Waals surface area contributed by atoms with Crippen molar-refractivity contribution < 1.29 is 18.7 Å². The van der Waals surface area contributed by atoms with Crippen LogP contribution in [-0.2, 0) is 4.79 Å². The van der Waals surface area contributed by atoms with Gasteiger partial charge in [0.05, 0.1) is 16.6 Å². The number of carbonyl (C=O) groups is 1. The monoisotopic (exact) mass is 348 g/mol.